The van der Waals surface area contributed by atoms with E-state index in [1.54, 1.807) is 12.3 Å². The van der Waals surface area contributed by atoms with Crippen LogP contribution in [-0.2, 0) is 0 Å². The third-order valence-electron chi connectivity index (χ3n) is 3.46. The lowest BCUT2D eigenvalue weighted by molar-refractivity contribution is 0.0706. The zero-order chi connectivity index (χ0) is 15.0. The molecule has 2 aromatic heterocycles. The SMILES string of the molecule is CC(C)[C@H](O)COc1cc(=O)oc2cc3occc3cc12. The summed E-state index contributed by atoms with van der Waals surface area (Å²) < 4.78 is 16.1. The molecule has 0 aliphatic rings. The monoisotopic (exact) mass is 288 g/mol. The summed E-state index contributed by atoms with van der Waals surface area (Å²) in [6.45, 7) is 3.93. The van der Waals surface area contributed by atoms with E-state index in [1.165, 1.54) is 6.07 Å². The summed E-state index contributed by atoms with van der Waals surface area (Å²) in [6, 6.07) is 6.62. The van der Waals surface area contributed by atoms with Crippen molar-refractivity contribution >= 4 is 21.9 Å². The third kappa shape index (κ3) is 2.64. The zero-order valence-electron chi connectivity index (χ0n) is 11.8. The van der Waals surface area contributed by atoms with Gasteiger partial charge in [0.05, 0.1) is 23.8 Å². The van der Waals surface area contributed by atoms with E-state index in [0.717, 1.165) is 5.39 Å². The maximum absolute atomic E-state index is 11.6. The lowest BCUT2D eigenvalue weighted by Gasteiger charge is -2.15. The van der Waals surface area contributed by atoms with Crippen LogP contribution in [-0.4, -0.2) is 17.8 Å². The van der Waals surface area contributed by atoms with Crippen LogP contribution < -0.4 is 10.4 Å². The van der Waals surface area contributed by atoms with E-state index >= 15 is 0 Å². The number of benzene rings is 1. The first-order chi connectivity index (χ1) is 10.0. The molecule has 2 heterocycles. The summed E-state index contributed by atoms with van der Waals surface area (Å²) in [4.78, 5) is 11.6. The fraction of sp³-hybridized carbons (Fsp3) is 0.312. The Morgan fingerprint density at radius 2 is 2.05 bits per heavy atom. The van der Waals surface area contributed by atoms with Gasteiger partial charge in [-0.15, -0.1) is 0 Å². The highest BCUT2D eigenvalue weighted by Gasteiger charge is 2.13. The molecule has 1 N–H and O–H groups in total. The van der Waals surface area contributed by atoms with Crippen LogP contribution in [0.25, 0.3) is 21.9 Å². The molecule has 3 rings (SSSR count). The normalized spacial score (nSPS) is 13.1. The van der Waals surface area contributed by atoms with E-state index in [1.807, 2.05) is 26.0 Å². The number of hydrogen-bond acceptors (Lipinski definition) is 5. The van der Waals surface area contributed by atoms with E-state index in [0.29, 0.717) is 22.3 Å². The predicted molar refractivity (Wildman–Crippen MR) is 78.6 cm³/mol. The van der Waals surface area contributed by atoms with Crippen molar-refractivity contribution in [3.8, 4) is 5.75 Å². The second-order valence-corrected chi connectivity index (χ2v) is 5.36. The zero-order valence-corrected chi connectivity index (χ0v) is 11.8. The summed E-state index contributed by atoms with van der Waals surface area (Å²) in [7, 11) is 0. The number of hydrogen-bond donors (Lipinski definition) is 1. The maximum Gasteiger partial charge on any atom is 0.339 e. The fourth-order valence-corrected chi connectivity index (χ4v) is 2.08. The lowest BCUT2D eigenvalue weighted by atomic mass is 10.1. The molecule has 1 atom stereocenters. The van der Waals surface area contributed by atoms with Gasteiger partial charge in [-0.2, -0.15) is 0 Å². The Morgan fingerprint density at radius 1 is 1.24 bits per heavy atom. The highest BCUT2D eigenvalue weighted by atomic mass is 16.5. The van der Waals surface area contributed by atoms with Gasteiger partial charge in [-0.25, -0.2) is 4.79 Å². The quantitative estimate of drug-likeness (QED) is 0.747. The third-order valence-corrected chi connectivity index (χ3v) is 3.46. The van der Waals surface area contributed by atoms with Crippen LogP contribution in [0.15, 0.2) is 44.2 Å². The smallest absolute Gasteiger partial charge is 0.339 e. The molecule has 0 aliphatic heterocycles. The Morgan fingerprint density at radius 3 is 2.81 bits per heavy atom. The van der Waals surface area contributed by atoms with Gasteiger partial charge in [-0.05, 0) is 18.1 Å². The average molecular weight is 288 g/mol. The molecule has 0 fully saturated rings. The predicted octanol–water partition coefficient (Wildman–Crippen LogP) is 2.93. The lowest BCUT2D eigenvalue weighted by Crippen LogP contribution is -2.23. The van der Waals surface area contributed by atoms with Crippen molar-refractivity contribution in [2.24, 2.45) is 5.92 Å². The van der Waals surface area contributed by atoms with E-state index < -0.39 is 11.7 Å². The first-order valence-electron chi connectivity index (χ1n) is 6.80. The molecule has 0 spiro atoms. The topological polar surface area (TPSA) is 72.8 Å². The first kappa shape index (κ1) is 13.7. The van der Waals surface area contributed by atoms with E-state index in [9.17, 15) is 9.90 Å². The summed E-state index contributed by atoms with van der Waals surface area (Å²) >= 11 is 0. The fourth-order valence-electron chi connectivity index (χ4n) is 2.08. The van der Waals surface area contributed by atoms with Crippen LogP contribution >= 0.6 is 0 Å². The van der Waals surface area contributed by atoms with Gasteiger partial charge in [0.1, 0.15) is 23.5 Å². The van der Waals surface area contributed by atoms with Gasteiger partial charge >= 0.3 is 5.63 Å². The van der Waals surface area contributed by atoms with Gasteiger partial charge in [0.25, 0.3) is 0 Å². The van der Waals surface area contributed by atoms with Crippen molar-refractivity contribution in [1.29, 1.82) is 0 Å². The molecule has 110 valence electrons. The maximum atomic E-state index is 11.6. The van der Waals surface area contributed by atoms with Crippen molar-refractivity contribution < 1.29 is 18.7 Å². The summed E-state index contributed by atoms with van der Waals surface area (Å²) in [5.74, 6) is 0.487. The standard InChI is InChI=1S/C16H16O5/c1-9(2)12(17)8-20-14-7-16(18)21-15-6-13-10(3-4-19-13)5-11(14)15/h3-7,9,12,17H,8H2,1-2H3/t12-/m1/s1. The summed E-state index contributed by atoms with van der Waals surface area (Å²) in [5.41, 5.74) is 0.548. The van der Waals surface area contributed by atoms with E-state index in [-0.39, 0.29) is 12.5 Å². The van der Waals surface area contributed by atoms with Crippen molar-refractivity contribution in [3.63, 3.8) is 0 Å². The van der Waals surface area contributed by atoms with Crippen LogP contribution in [0.3, 0.4) is 0 Å². The molecule has 0 bridgehead atoms. The minimum Gasteiger partial charge on any atom is -0.490 e. The molecule has 0 unspecified atom stereocenters. The minimum atomic E-state index is -0.593. The van der Waals surface area contributed by atoms with Gasteiger partial charge < -0.3 is 18.7 Å². The molecular weight excluding hydrogens is 272 g/mol. The van der Waals surface area contributed by atoms with E-state index in [2.05, 4.69) is 0 Å². The first-order valence-corrected chi connectivity index (χ1v) is 6.80. The Bertz CT molecular complexity index is 827. The largest absolute Gasteiger partial charge is 0.490 e. The average Bonchev–Trinajstić information content (AvgIpc) is 2.89. The summed E-state index contributed by atoms with van der Waals surface area (Å²) in [6.07, 6.45) is 0.981. The molecule has 1 aromatic carbocycles. The number of furan rings is 1. The second kappa shape index (κ2) is 5.26. The second-order valence-electron chi connectivity index (χ2n) is 5.36. The Balaban J connectivity index is 2.05. The van der Waals surface area contributed by atoms with Gasteiger partial charge in [0.2, 0.25) is 0 Å². The van der Waals surface area contributed by atoms with Crippen LogP contribution in [0.2, 0.25) is 0 Å². The van der Waals surface area contributed by atoms with Gasteiger partial charge in [0.15, 0.2) is 0 Å². The molecule has 0 aliphatic carbocycles. The number of ether oxygens (including phenoxy) is 1. The highest BCUT2D eigenvalue weighted by molar-refractivity contribution is 5.95. The molecule has 21 heavy (non-hydrogen) atoms. The number of rotatable bonds is 4. The van der Waals surface area contributed by atoms with Crippen molar-refractivity contribution in [2.45, 2.75) is 20.0 Å². The number of aliphatic hydroxyl groups is 1. The Hall–Kier alpha value is -2.27. The molecule has 0 saturated carbocycles. The molecular formula is C16H16O5. The van der Waals surface area contributed by atoms with Gasteiger partial charge in [-0.3, -0.25) is 0 Å². The van der Waals surface area contributed by atoms with E-state index in [4.69, 9.17) is 13.6 Å². The summed E-state index contributed by atoms with van der Waals surface area (Å²) in [5, 5.41) is 11.4. The molecule has 5 heteroatoms. The van der Waals surface area contributed by atoms with Crippen LogP contribution in [0.5, 0.6) is 5.75 Å². The van der Waals surface area contributed by atoms with Crippen molar-refractivity contribution in [1.82, 2.24) is 0 Å². The molecule has 0 amide bonds. The molecule has 5 nitrogen and oxygen atoms in total. The highest BCUT2D eigenvalue weighted by Crippen LogP contribution is 2.29. The van der Waals surface area contributed by atoms with Crippen LogP contribution in [0, 0.1) is 5.92 Å². The molecule has 0 saturated heterocycles. The van der Waals surface area contributed by atoms with Crippen LogP contribution in [0.4, 0.5) is 0 Å². The van der Waals surface area contributed by atoms with Crippen molar-refractivity contribution in [3.05, 3.63) is 40.9 Å². The van der Waals surface area contributed by atoms with Crippen molar-refractivity contribution in [2.75, 3.05) is 6.61 Å². The number of aliphatic hydroxyl groups excluding tert-OH is 1. The molecule has 3 aromatic rings. The minimum absolute atomic E-state index is 0.0805. The Labute approximate surface area is 120 Å². The van der Waals surface area contributed by atoms with Crippen LogP contribution in [0.1, 0.15) is 13.8 Å². The Kier molecular flexibility index (Phi) is 3.43. The number of fused-ring (bicyclic) bond motifs is 2. The van der Waals surface area contributed by atoms with Gasteiger partial charge in [-0.1, -0.05) is 13.8 Å². The molecule has 0 radical (unpaired) electrons. The van der Waals surface area contributed by atoms with Gasteiger partial charge in [0, 0.05) is 11.5 Å².